The van der Waals surface area contributed by atoms with E-state index in [9.17, 15) is 4.79 Å². The molecule has 3 aliphatic rings. The molecule has 7 nitrogen and oxygen atoms in total. The summed E-state index contributed by atoms with van der Waals surface area (Å²) in [5.41, 5.74) is 0.530. The normalized spacial score (nSPS) is 31.5. The van der Waals surface area contributed by atoms with Crippen LogP contribution in [0.25, 0.3) is 0 Å². The number of nitrogens with one attached hydrogen (secondary N) is 1. The van der Waals surface area contributed by atoms with Gasteiger partial charge in [0.05, 0.1) is 17.4 Å². The minimum Gasteiger partial charge on any atom is -0.381 e. The van der Waals surface area contributed by atoms with Crippen molar-refractivity contribution in [2.75, 3.05) is 32.9 Å². The summed E-state index contributed by atoms with van der Waals surface area (Å²) in [6.45, 7) is 4.54. The molecule has 7 heteroatoms. The van der Waals surface area contributed by atoms with E-state index in [2.05, 4.69) is 15.3 Å². The number of aromatic nitrogens is 2. The number of hydrogen-bond acceptors (Lipinski definition) is 5. The van der Waals surface area contributed by atoms with Crippen molar-refractivity contribution in [1.82, 2.24) is 20.0 Å². The number of carbonyl (C=O) groups is 1. The van der Waals surface area contributed by atoms with E-state index in [4.69, 9.17) is 9.47 Å². The molecule has 0 aliphatic carbocycles. The summed E-state index contributed by atoms with van der Waals surface area (Å²) in [6, 6.07) is 0.804. The molecule has 0 saturated carbocycles. The molecule has 1 aromatic heterocycles. The molecule has 4 rings (SSSR count). The quantitative estimate of drug-likeness (QED) is 0.881. The van der Waals surface area contributed by atoms with Gasteiger partial charge < -0.3 is 14.8 Å². The van der Waals surface area contributed by atoms with Crippen LogP contribution in [0.3, 0.4) is 0 Å². The molecule has 25 heavy (non-hydrogen) atoms. The van der Waals surface area contributed by atoms with Crippen molar-refractivity contribution in [2.45, 2.75) is 49.8 Å². The van der Waals surface area contributed by atoms with E-state index in [1.807, 2.05) is 7.05 Å². The first-order valence-electron chi connectivity index (χ1n) is 9.39. The van der Waals surface area contributed by atoms with Crippen LogP contribution in [0.2, 0.25) is 0 Å². The smallest absolute Gasteiger partial charge is 0.254 e. The van der Waals surface area contributed by atoms with Crippen molar-refractivity contribution < 1.29 is 14.3 Å². The van der Waals surface area contributed by atoms with Gasteiger partial charge in [0.25, 0.3) is 5.91 Å². The molecule has 1 aromatic rings. The van der Waals surface area contributed by atoms with Crippen LogP contribution in [0.5, 0.6) is 0 Å². The molecule has 138 valence electrons. The summed E-state index contributed by atoms with van der Waals surface area (Å²) < 4.78 is 13.4. The number of likely N-dealkylation sites (tertiary alicyclic amines) is 1. The maximum Gasteiger partial charge on any atom is 0.254 e. The SMILES string of the molecule is Cn1cc(C(=O)N[C@H]2CCO[C@]3(CCN(C4CCOCC4)C3)C2)cn1. The number of amides is 1. The summed E-state index contributed by atoms with van der Waals surface area (Å²) in [6.07, 6.45) is 8.46. The lowest BCUT2D eigenvalue weighted by atomic mass is 9.89. The number of ether oxygens (including phenoxy) is 2. The van der Waals surface area contributed by atoms with E-state index in [0.29, 0.717) is 11.6 Å². The maximum atomic E-state index is 12.4. The molecule has 1 spiro atoms. The van der Waals surface area contributed by atoms with Crippen LogP contribution in [-0.4, -0.2) is 71.2 Å². The Hall–Kier alpha value is -1.44. The van der Waals surface area contributed by atoms with Gasteiger partial charge in [-0.15, -0.1) is 0 Å². The highest BCUT2D eigenvalue weighted by molar-refractivity contribution is 5.93. The summed E-state index contributed by atoms with van der Waals surface area (Å²) in [4.78, 5) is 15.0. The van der Waals surface area contributed by atoms with Gasteiger partial charge in [-0.25, -0.2) is 0 Å². The molecule has 2 atom stereocenters. The van der Waals surface area contributed by atoms with Gasteiger partial charge in [0.1, 0.15) is 0 Å². The number of carbonyl (C=O) groups excluding carboxylic acids is 1. The summed E-state index contributed by atoms with van der Waals surface area (Å²) in [5, 5.41) is 7.26. The van der Waals surface area contributed by atoms with Crippen LogP contribution in [0, 0.1) is 0 Å². The molecule has 0 radical (unpaired) electrons. The Morgan fingerprint density at radius 2 is 2.16 bits per heavy atom. The van der Waals surface area contributed by atoms with E-state index in [0.717, 1.165) is 65.0 Å². The topological polar surface area (TPSA) is 68.6 Å². The van der Waals surface area contributed by atoms with E-state index in [-0.39, 0.29) is 17.6 Å². The molecule has 4 heterocycles. The van der Waals surface area contributed by atoms with Crippen molar-refractivity contribution >= 4 is 5.91 Å². The predicted molar refractivity (Wildman–Crippen MR) is 92.4 cm³/mol. The highest BCUT2D eigenvalue weighted by Gasteiger charge is 2.45. The van der Waals surface area contributed by atoms with Crippen molar-refractivity contribution in [2.24, 2.45) is 7.05 Å². The molecule has 1 N–H and O–H groups in total. The average Bonchev–Trinajstić information content (AvgIpc) is 3.23. The lowest BCUT2D eigenvalue weighted by Crippen LogP contribution is -2.50. The third-order valence-electron chi connectivity index (χ3n) is 5.85. The molecular formula is C18H28N4O3. The molecule has 0 aromatic carbocycles. The second-order valence-corrected chi connectivity index (χ2v) is 7.66. The summed E-state index contributed by atoms with van der Waals surface area (Å²) >= 11 is 0. The third kappa shape index (κ3) is 3.73. The van der Waals surface area contributed by atoms with Gasteiger partial charge in [0.15, 0.2) is 0 Å². The lowest BCUT2D eigenvalue weighted by Gasteiger charge is -2.39. The van der Waals surface area contributed by atoms with E-state index in [1.54, 1.807) is 17.1 Å². The van der Waals surface area contributed by atoms with Crippen LogP contribution >= 0.6 is 0 Å². The maximum absolute atomic E-state index is 12.4. The fraction of sp³-hybridized carbons (Fsp3) is 0.778. The molecule has 3 fully saturated rings. The van der Waals surface area contributed by atoms with E-state index < -0.39 is 0 Å². The van der Waals surface area contributed by atoms with Crippen LogP contribution in [0.15, 0.2) is 12.4 Å². The fourth-order valence-corrected chi connectivity index (χ4v) is 4.48. The van der Waals surface area contributed by atoms with Gasteiger partial charge in [0, 0.05) is 58.2 Å². The Kier molecular flexibility index (Phi) is 4.80. The Morgan fingerprint density at radius 1 is 1.32 bits per heavy atom. The van der Waals surface area contributed by atoms with E-state index in [1.165, 1.54) is 0 Å². The van der Waals surface area contributed by atoms with Crippen molar-refractivity contribution in [1.29, 1.82) is 0 Å². The predicted octanol–water partition coefficient (Wildman–Crippen LogP) is 0.952. The molecule has 0 bridgehead atoms. The highest BCUT2D eigenvalue weighted by atomic mass is 16.5. The van der Waals surface area contributed by atoms with Gasteiger partial charge in [-0.1, -0.05) is 0 Å². The second-order valence-electron chi connectivity index (χ2n) is 7.66. The number of nitrogens with zero attached hydrogens (tertiary/aromatic N) is 3. The fourth-order valence-electron chi connectivity index (χ4n) is 4.48. The first-order valence-corrected chi connectivity index (χ1v) is 9.39. The molecular weight excluding hydrogens is 320 g/mol. The minimum absolute atomic E-state index is 0.0329. The molecule has 1 amide bonds. The van der Waals surface area contributed by atoms with Crippen molar-refractivity contribution in [3.8, 4) is 0 Å². The Bertz CT molecular complexity index is 613. The Labute approximate surface area is 148 Å². The standard InChI is InChI=1S/C18H28N4O3/c1-21-12-14(11-19-21)17(23)20-15-2-9-25-18(10-15)5-6-22(13-18)16-3-7-24-8-4-16/h11-12,15-16H,2-10,13H2,1H3,(H,20,23)/t15-,18+/m0/s1. The van der Waals surface area contributed by atoms with Gasteiger partial charge >= 0.3 is 0 Å². The Balaban J connectivity index is 1.35. The molecule has 3 aliphatic heterocycles. The zero-order chi connectivity index (χ0) is 17.3. The number of aryl methyl sites for hydroxylation is 1. The second kappa shape index (κ2) is 7.05. The van der Waals surface area contributed by atoms with Gasteiger partial charge in [-0.05, 0) is 32.1 Å². The average molecular weight is 348 g/mol. The largest absolute Gasteiger partial charge is 0.381 e. The lowest BCUT2D eigenvalue weighted by molar-refractivity contribution is -0.0828. The van der Waals surface area contributed by atoms with Crippen LogP contribution in [-0.2, 0) is 16.5 Å². The van der Waals surface area contributed by atoms with Gasteiger partial charge in [0.2, 0.25) is 0 Å². The van der Waals surface area contributed by atoms with Crippen molar-refractivity contribution in [3.05, 3.63) is 18.0 Å². The summed E-state index contributed by atoms with van der Waals surface area (Å²) in [5.74, 6) is -0.0329. The summed E-state index contributed by atoms with van der Waals surface area (Å²) in [7, 11) is 1.82. The van der Waals surface area contributed by atoms with Gasteiger partial charge in [-0.3, -0.25) is 14.4 Å². The van der Waals surface area contributed by atoms with Crippen LogP contribution in [0.4, 0.5) is 0 Å². The molecule has 0 unspecified atom stereocenters. The monoisotopic (exact) mass is 348 g/mol. The van der Waals surface area contributed by atoms with E-state index >= 15 is 0 Å². The van der Waals surface area contributed by atoms with Crippen LogP contribution < -0.4 is 5.32 Å². The minimum atomic E-state index is -0.0938. The zero-order valence-corrected chi connectivity index (χ0v) is 14.9. The highest BCUT2D eigenvalue weighted by Crippen LogP contribution is 2.36. The van der Waals surface area contributed by atoms with Crippen LogP contribution in [0.1, 0.15) is 42.5 Å². The van der Waals surface area contributed by atoms with Gasteiger partial charge in [-0.2, -0.15) is 5.10 Å². The first kappa shape index (κ1) is 17.0. The number of hydrogen-bond donors (Lipinski definition) is 1. The number of rotatable bonds is 3. The Morgan fingerprint density at radius 3 is 2.92 bits per heavy atom. The zero-order valence-electron chi connectivity index (χ0n) is 14.9. The third-order valence-corrected chi connectivity index (χ3v) is 5.85. The molecule has 3 saturated heterocycles. The van der Waals surface area contributed by atoms with Crippen molar-refractivity contribution in [3.63, 3.8) is 0 Å². The first-order chi connectivity index (χ1) is 12.1.